The van der Waals surface area contributed by atoms with Gasteiger partial charge in [0.25, 0.3) is 0 Å². The van der Waals surface area contributed by atoms with Gasteiger partial charge in [0, 0.05) is 24.1 Å². The standard InChI is InChI=1S/C23H22ClN7O/c1-2-3-7-20-26-22(24)19(14-32)31(20)13-15-8-10-16(11-9-15)21-17(12-25)5-4-6-18(21)23-27-29-30-28-23/h4-6,8-11,32H,2-3,7,13-14H2,1H3,(H,27,28,29,30). The second-order valence-corrected chi connectivity index (χ2v) is 7.76. The third-order valence-corrected chi connectivity index (χ3v) is 5.68. The number of nitrogens with zero attached hydrogens (tertiary/aromatic N) is 6. The smallest absolute Gasteiger partial charge is 0.180 e. The first-order valence-corrected chi connectivity index (χ1v) is 10.7. The van der Waals surface area contributed by atoms with Crippen LogP contribution >= 0.6 is 11.6 Å². The Kier molecular flexibility index (Phi) is 6.59. The van der Waals surface area contributed by atoms with E-state index in [9.17, 15) is 10.4 Å². The molecule has 0 bridgehead atoms. The van der Waals surface area contributed by atoms with Gasteiger partial charge < -0.3 is 9.67 Å². The first-order valence-electron chi connectivity index (χ1n) is 10.4. The molecule has 0 saturated heterocycles. The number of aryl methyl sites for hydroxylation is 1. The molecule has 2 aromatic carbocycles. The lowest BCUT2D eigenvalue weighted by atomic mass is 9.94. The number of aliphatic hydroxyl groups excluding tert-OH is 1. The number of aromatic amines is 1. The minimum absolute atomic E-state index is 0.167. The Morgan fingerprint density at radius 2 is 2.00 bits per heavy atom. The SMILES string of the molecule is CCCCc1nc(Cl)c(CO)n1Cc1ccc(-c2c(C#N)cccc2-c2nnn[nH]2)cc1. The molecule has 32 heavy (non-hydrogen) atoms. The highest BCUT2D eigenvalue weighted by Gasteiger charge is 2.17. The highest BCUT2D eigenvalue weighted by Crippen LogP contribution is 2.33. The maximum atomic E-state index is 9.79. The van der Waals surface area contributed by atoms with E-state index in [-0.39, 0.29) is 6.61 Å². The minimum Gasteiger partial charge on any atom is -0.390 e. The van der Waals surface area contributed by atoms with Crippen LogP contribution in [0.15, 0.2) is 42.5 Å². The Hall–Kier alpha value is -3.54. The van der Waals surface area contributed by atoms with E-state index in [1.54, 1.807) is 6.07 Å². The molecule has 0 aliphatic rings. The molecule has 0 aliphatic heterocycles. The second-order valence-electron chi connectivity index (χ2n) is 7.40. The zero-order valence-electron chi connectivity index (χ0n) is 17.6. The molecule has 0 aliphatic carbocycles. The number of H-pyrrole nitrogens is 1. The fraction of sp³-hybridized carbons (Fsp3) is 0.261. The number of rotatable bonds is 8. The van der Waals surface area contributed by atoms with Gasteiger partial charge in [0.2, 0.25) is 0 Å². The van der Waals surface area contributed by atoms with E-state index >= 15 is 0 Å². The number of halogens is 1. The summed E-state index contributed by atoms with van der Waals surface area (Å²) in [6.07, 6.45) is 2.86. The van der Waals surface area contributed by atoms with Crippen molar-refractivity contribution in [2.24, 2.45) is 0 Å². The summed E-state index contributed by atoms with van der Waals surface area (Å²) in [6.45, 7) is 2.51. The Labute approximate surface area is 190 Å². The molecular formula is C23H22ClN7O. The third-order valence-electron chi connectivity index (χ3n) is 5.38. The van der Waals surface area contributed by atoms with E-state index in [1.807, 2.05) is 41.0 Å². The van der Waals surface area contributed by atoms with Crippen molar-refractivity contribution in [3.63, 3.8) is 0 Å². The van der Waals surface area contributed by atoms with Gasteiger partial charge in [-0.1, -0.05) is 61.3 Å². The van der Waals surface area contributed by atoms with Crippen LogP contribution in [0, 0.1) is 11.3 Å². The van der Waals surface area contributed by atoms with Crippen LogP contribution in [0.3, 0.4) is 0 Å². The van der Waals surface area contributed by atoms with Crippen LogP contribution in [-0.2, 0) is 19.6 Å². The van der Waals surface area contributed by atoms with E-state index in [0.29, 0.717) is 28.8 Å². The molecular weight excluding hydrogens is 426 g/mol. The van der Waals surface area contributed by atoms with Crippen molar-refractivity contribution in [1.29, 1.82) is 5.26 Å². The van der Waals surface area contributed by atoms with Crippen LogP contribution in [0.1, 0.15) is 42.4 Å². The molecule has 0 saturated carbocycles. The molecule has 2 aromatic heterocycles. The van der Waals surface area contributed by atoms with E-state index in [0.717, 1.165) is 47.3 Å². The summed E-state index contributed by atoms with van der Waals surface area (Å²) < 4.78 is 1.99. The first-order chi connectivity index (χ1) is 15.7. The normalized spacial score (nSPS) is 10.9. The van der Waals surface area contributed by atoms with E-state index in [4.69, 9.17) is 11.6 Å². The number of tetrazole rings is 1. The van der Waals surface area contributed by atoms with Crippen molar-refractivity contribution in [2.45, 2.75) is 39.3 Å². The zero-order chi connectivity index (χ0) is 22.5. The number of aliphatic hydroxyl groups is 1. The van der Waals surface area contributed by atoms with E-state index < -0.39 is 0 Å². The van der Waals surface area contributed by atoms with Gasteiger partial charge in [0.05, 0.1) is 23.9 Å². The fourth-order valence-electron chi connectivity index (χ4n) is 3.75. The number of unbranched alkanes of at least 4 members (excludes halogenated alkanes) is 1. The number of benzene rings is 2. The van der Waals surface area contributed by atoms with Crippen LogP contribution in [0.25, 0.3) is 22.5 Å². The summed E-state index contributed by atoms with van der Waals surface area (Å²) >= 11 is 6.26. The summed E-state index contributed by atoms with van der Waals surface area (Å²) in [7, 11) is 0. The van der Waals surface area contributed by atoms with Crippen molar-refractivity contribution >= 4 is 11.6 Å². The topological polar surface area (TPSA) is 116 Å². The molecule has 0 spiro atoms. The van der Waals surface area contributed by atoms with Crippen molar-refractivity contribution in [3.8, 4) is 28.6 Å². The van der Waals surface area contributed by atoms with Gasteiger partial charge in [-0.2, -0.15) is 5.26 Å². The van der Waals surface area contributed by atoms with E-state index in [2.05, 4.69) is 38.6 Å². The number of hydrogen-bond acceptors (Lipinski definition) is 6. The lowest BCUT2D eigenvalue weighted by Crippen LogP contribution is -2.09. The van der Waals surface area contributed by atoms with Crippen LogP contribution in [0.2, 0.25) is 5.15 Å². The van der Waals surface area contributed by atoms with Gasteiger partial charge in [-0.25, -0.2) is 10.1 Å². The molecule has 2 N–H and O–H groups in total. The number of nitriles is 1. The van der Waals surface area contributed by atoms with Gasteiger partial charge in [-0.05, 0) is 34.0 Å². The Morgan fingerprint density at radius 3 is 2.66 bits per heavy atom. The van der Waals surface area contributed by atoms with Gasteiger partial charge >= 0.3 is 0 Å². The largest absolute Gasteiger partial charge is 0.390 e. The highest BCUT2D eigenvalue weighted by atomic mass is 35.5. The molecule has 0 radical (unpaired) electrons. The Bertz CT molecular complexity index is 1240. The molecule has 0 fully saturated rings. The van der Waals surface area contributed by atoms with Crippen molar-refractivity contribution in [2.75, 3.05) is 0 Å². The van der Waals surface area contributed by atoms with Crippen LogP contribution in [0.5, 0.6) is 0 Å². The van der Waals surface area contributed by atoms with Gasteiger partial charge in [-0.15, -0.1) is 5.10 Å². The summed E-state index contributed by atoms with van der Waals surface area (Å²) in [6, 6.07) is 15.7. The summed E-state index contributed by atoms with van der Waals surface area (Å²) in [5, 5.41) is 33.9. The molecule has 0 unspecified atom stereocenters. The van der Waals surface area contributed by atoms with Gasteiger partial charge in [0.1, 0.15) is 5.82 Å². The fourth-order valence-corrected chi connectivity index (χ4v) is 4.01. The Balaban J connectivity index is 1.69. The molecule has 4 aromatic rings. The predicted molar refractivity (Wildman–Crippen MR) is 121 cm³/mol. The van der Waals surface area contributed by atoms with Gasteiger partial charge in [-0.3, -0.25) is 0 Å². The number of aromatic nitrogens is 6. The van der Waals surface area contributed by atoms with Crippen molar-refractivity contribution < 1.29 is 5.11 Å². The lowest BCUT2D eigenvalue weighted by molar-refractivity contribution is 0.271. The zero-order valence-corrected chi connectivity index (χ0v) is 18.3. The average Bonchev–Trinajstić information content (AvgIpc) is 3.46. The number of nitrogens with one attached hydrogen (secondary N) is 1. The van der Waals surface area contributed by atoms with Gasteiger partial charge in [0.15, 0.2) is 11.0 Å². The second kappa shape index (κ2) is 9.73. The van der Waals surface area contributed by atoms with Crippen molar-refractivity contribution in [3.05, 3.63) is 70.3 Å². The Morgan fingerprint density at radius 1 is 1.19 bits per heavy atom. The number of imidazole rings is 1. The quantitative estimate of drug-likeness (QED) is 0.419. The molecule has 0 amide bonds. The first kappa shape index (κ1) is 21.7. The summed E-state index contributed by atoms with van der Waals surface area (Å²) in [4.78, 5) is 4.45. The minimum atomic E-state index is -0.167. The van der Waals surface area contributed by atoms with E-state index in [1.165, 1.54) is 0 Å². The maximum Gasteiger partial charge on any atom is 0.180 e. The highest BCUT2D eigenvalue weighted by molar-refractivity contribution is 6.30. The molecule has 9 heteroatoms. The molecule has 8 nitrogen and oxygen atoms in total. The molecule has 4 rings (SSSR count). The average molecular weight is 448 g/mol. The van der Waals surface area contributed by atoms with Crippen molar-refractivity contribution in [1.82, 2.24) is 30.2 Å². The van der Waals surface area contributed by atoms with Crippen LogP contribution in [0.4, 0.5) is 0 Å². The monoisotopic (exact) mass is 447 g/mol. The molecule has 0 atom stereocenters. The van der Waals surface area contributed by atoms with Crippen LogP contribution in [-0.4, -0.2) is 35.3 Å². The lowest BCUT2D eigenvalue weighted by Gasteiger charge is -2.13. The summed E-state index contributed by atoms with van der Waals surface area (Å²) in [5.41, 5.74) is 4.61. The predicted octanol–water partition coefficient (Wildman–Crippen LogP) is 4.14. The third kappa shape index (κ3) is 4.26. The van der Waals surface area contributed by atoms with Crippen LogP contribution < -0.4 is 0 Å². The maximum absolute atomic E-state index is 9.79. The summed E-state index contributed by atoms with van der Waals surface area (Å²) in [5.74, 6) is 1.38. The molecule has 2 heterocycles. The number of hydrogen-bond donors (Lipinski definition) is 2. The molecule has 162 valence electrons.